The molecule has 2 aromatic carbocycles. The molecular formula is C33H37N3O4S. The first-order valence-electron chi connectivity index (χ1n) is 14.4. The van der Waals surface area contributed by atoms with E-state index in [1.165, 1.54) is 0 Å². The van der Waals surface area contributed by atoms with Crippen LogP contribution in [0.4, 0.5) is 11.4 Å². The third-order valence-electron chi connectivity index (χ3n) is 9.19. The van der Waals surface area contributed by atoms with Crippen LogP contribution in [0.5, 0.6) is 0 Å². The van der Waals surface area contributed by atoms with Crippen LogP contribution in [-0.4, -0.2) is 69.5 Å². The van der Waals surface area contributed by atoms with E-state index in [0.717, 1.165) is 22.5 Å². The summed E-state index contributed by atoms with van der Waals surface area (Å²) >= 11 is 1.57. The molecule has 2 saturated heterocycles. The Morgan fingerprint density at radius 2 is 1.59 bits per heavy atom. The zero-order valence-corrected chi connectivity index (χ0v) is 24.8. The minimum Gasteiger partial charge on any atom is -0.394 e. The molecule has 7 nitrogen and oxygen atoms in total. The SMILES string of the molecule is Cc1cccc(C)c1N1CC=C[C@]23S[C@H]4C=CCN(c5ccccc5)C(=O)[C@H]4[C@H]2C(=O)N([C@@H](CO)C(C)C)C3C1=O. The lowest BCUT2D eigenvalue weighted by Gasteiger charge is -2.40. The number of para-hydroxylation sites is 2. The number of likely N-dealkylation sites (tertiary alicyclic amines) is 1. The molecule has 3 amide bonds. The number of aliphatic hydroxyl groups is 1. The van der Waals surface area contributed by atoms with Gasteiger partial charge in [0.2, 0.25) is 11.8 Å². The largest absolute Gasteiger partial charge is 0.394 e. The average molecular weight is 572 g/mol. The molecule has 6 rings (SSSR count). The van der Waals surface area contributed by atoms with E-state index in [0.29, 0.717) is 13.1 Å². The topological polar surface area (TPSA) is 81.2 Å². The summed E-state index contributed by atoms with van der Waals surface area (Å²) in [6, 6.07) is 14.1. The van der Waals surface area contributed by atoms with Gasteiger partial charge in [0.05, 0.1) is 29.2 Å². The molecule has 6 atom stereocenters. The monoisotopic (exact) mass is 571 g/mol. The van der Waals surface area contributed by atoms with E-state index in [2.05, 4.69) is 6.08 Å². The number of hydrogen-bond acceptors (Lipinski definition) is 5. The Morgan fingerprint density at radius 1 is 0.902 bits per heavy atom. The third kappa shape index (κ3) is 4.17. The van der Waals surface area contributed by atoms with Crippen LogP contribution >= 0.6 is 11.8 Å². The fourth-order valence-corrected chi connectivity index (χ4v) is 9.32. The molecule has 2 aromatic rings. The van der Waals surface area contributed by atoms with Crippen molar-refractivity contribution in [3.63, 3.8) is 0 Å². The zero-order chi connectivity index (χ0) is 29.1. The van der Waals surface area contributed by atoms with Gasteiger partial charge >= 0.3 is 0 Å². The number of aryl methyl sites for hydroxylation is 2. The van der Waals surface area contributed by atoms with Gasteiger partial charge in [-0.25, -0.2) is 0 Å². The smallest absolute Gasteiger partial charge is 0.251 e. The molecule has 1 spiro atoms. The number of amides is 3. The maximum absolute atomic E-state index is 14.8. The van der Waals surface area contributed by atoms with Gasteiger partial charge in [0.15, 0.2) is 0 Å². The Kier molecular flexibility index (Phi) is 7.10. The third-order valence-corrected chi connectivity index (χ3v) is 10.9. The summed E-state index contributed by atoms with van der Waals surface area (Å²) in [6.07, 6.45) is 8.09. The van der Waals surface area contributed by atoms with Gasteiger partial charge in [-0.05, 0) is 43.0 Å². The molecule has 4 aliphatic heterocycles. The van der Waals surface area contributed by atoms with Crippen molar-refractivity contribution in [2.45, 2.75) is 49.8 Å². The first-order valence-corrected chi connectivity index (χ1v) is 15.3. The average Bonchev–Trinajstić information content (AvgIpc) is 3.26. The van der Waals surface area contributed by atoms with Crippen LogP contribution in [0.2, 0.25) is 0 Å². The first kappa shape index (κ1) is 27.8. The summed E-state index contributed by atoms with van der Waals surface area (Å²) in [4.78, 5) is 49.0. The van der Waals surface area contributed by atoms with Crippen LogP contribution in [0.1, 0.15) is 25.0 Å². The number of aliphatic hydroxyl groups excluding tert-OH is 1. The molecule has 0 radical (unpaired) electrons. The van der Waals surface area contributed by atoms with Crippen molar-refractivity contribution in [2.24, 2.45) is 17.8 Å². The Balaban J connectivity index is 1.50. The Hall–Kier alpha value is -3.36. The molecule has 4 heterocycles. The van der Waals surface area contributed by atoms with Crippen LogP contribution in [0.15, 0.2) is 72.8 Å². The number of anilines is 2. The van der Waals surface area contributed by atoms with E-state index in [-0.39, 0.29) is 35.5 Å². The highest BCUT2D eigenvalue weighted by Gasteiger charge is 2.72. The predicted octanol–water partition coefficient (Wildman–Crippen LogP) is 4.12. The number of benzene rings is 2. The fraction of sp³-hybridized carbons (Fsp3) is 0.424. The van der Waals surface area contributed by atoms with E-state index < -0.39 is 28.7 Å². The van der Waals surface area contributed by atoms with E-state index in [1.807, 2.05) is 94.5 Å². The lowest BCUT2D eigenvalue weighted by molar-refractivity contribution is -0.142. The van der Waals surface area contributed by atoms with Gasteiger partial charge in [0.25, 0.3) is 5.91 Å². The Morgan fingerprint density at radius 3 is 2.24 bits per heavy atom. The van der Waals surface area contributed by atoms with E-state index in [1.54, 1.807) is 26.5 Å². The zero-order valence-electron chi connectivity index (χ0n) is 23.9. The minimum atomic E-state index is -0.934. The summed E-state index contributed by atoms with van der Waals surface area (Å²) in [5.41, 5.74) is 3.61. The number of nitrogens with zero attached hydrogens (tertiary/aromatic N) is 3. The van der Waals surface area contributed by atoms with Gasteiger partial charge in [-0.3, -0.25) is 14.4 Å². The molecule has 4 aliphatic rings. The number of carbonyl (C=O) groups is 3. The summed E-state index contributed by atoms with van der Waals surface area (Å²) in [5, 5.41) is 10.3. The molecule has 1 N–H and O–H groups in total. The second-order valence-electron chi connectivity index (χ2n) is 11.9. The van der Waals surface area contributed by atoms with Crippen LogP contribution in [0, 0.1) is 31.6 Å². The molecule has 41 heavy (non-hydrogen) atoms. The highest BCUT2D eigenvalue weighted by molar-refractivity contribution is 8.02. The maximum atomic E-state index is 14.8. The Labute approximate surface area is 245 Å². The van der Waals surface area contributed by atoms with Gasteiger partial charge in [0, 0.05) is 29.7 Å². The molecule has 0 aromatic heterocycles. The molecule has 0 bridgehead atoms. The fourth-order valence-electron chi connectivity index (χ4n) is 7.33. The number of thioether (sulfide) groups is 1. The molecule has 0 aliphatic carbocycles. The number of hydrogen-bond donors (Lipinski definition) is 1. The van der Waals surface area contributed by atoms with Gasteiger partial charge < -0.3 is 19.8 Å². The van der Waals surface area contributed by atoms with Crippen molar-refractivity contribution < 1.29 is 19.5 Å². The van der Waals surface area contributed by atoms with Gasteiger partial charge in [-0.1, -0.05) is 74.5 Å². The molecule has 0 saturated carbocycles. The van der Waals surface area contributed by atoms with Crippen molar-refractivity contribution >= 4 is 40.9 Å². The van der Waals surface area contributed by atoms with Gasteiger partial charge in [-0.15, -0.1) is 11.8 Å². The van der Waals surface area contributed by atoms with E-state index in [4.69, 9.17) is 0 Å². The summed E-state index contributed by atoms with van der Waals surface area (Å²) in [6.45, 7) is 8.45. The highest BCUT2D eigenvalue weighted by atomic mass is 32.2. The lowest BCUT2D eigenvalue weighted by atomic mass is 9.78. The maximum Gasteiger partial charge on any atom is 0.251 e. The van der Waals surface area contributed by atoms with Gasteiger partial charge in [0.1, 0.15) is 6.04 Å². The van der Waals surface area contributed by atoms with Crippen LogP contribution < -0.4 is 9.80 Å². The van der Waals surface area contributed by atoms with E-state index in [9.17, 15) is 19.5 Å². The normalized spacial score (nSPS) is 29.9. The predicted molar refractivity (Wildman–Crippen MR) is 163 cm³/mol. The number of rotatable bonds is 5. The van der Waals surface area contributed by atoms with Crippen molar-refractivity contribution in [3.8, 4) is 0 Å². The minimum absolute atomic E-state index is 0.0835. The number of carbonyl (C=O) groups excluding carboxylic acids is 3. The summed E-state index contributed by atoms with van der Waals surface area (Å²) in [7, 11) is 0. The van der Waals surface area contributed by atoms with Crippen molar-refractivity contribution in [3.05, 3.63) is 84.0 Å². The van der Waals surface area contributed by atoms with Crippen molar-refractivity contribution in [2.75, 3.05) is 29.5 Å². The number of fused-ring (bicyclic) bond motifs is 2. The Bertz CT molecular complexity index is 1420. The highest BCUT2D eigenvalue weighted by Crippen LogP contribution is 2.61. The van der Waals surface area contributed by atoms with Crippen LogP contribution in [-0.2, 0) is 14.4 Å². The summed E-state index contributed by atoms with van der Waals surface area (Å²) in [5.74, 6) is -1.93. The molecule has 1 unspecified atom stereocenters. The van der Waals surface area contributed by atoms with Crippen LogP contribution in [0.25, 0.3) is 0 Å². The second-order valence-corrected chi connectivity index (χ2v) is 13.4. The standard InChI is InChI=1S/C33H37N3O4S/c1-20(2)24(19-37)36-29-32(40)35(28-21(3)11-8-12-22(28)4)18-10-16-33(29)27(31(36)39)26-25(41-33)15-9-17-34(30(26)38)23-13-6-5-7-14-23/h5-16,20,24-27,29,37H,17-19H2,1-4H3/t24-,25-,26+,27-,29?,33-/m0/s1. The van der Waals surface area contributed by atoms with Crippen LogP contribution in [0.3, 0.4) is 0 Å². The molecular weight excluding hydrogens is 534 g/mol. The second kappa shape index (κ2) is 10.5. The quantitative estimate of drug-likeness (QED) is 0.546. The molecule has 8 heteroatoms. The lowest BCUT2D eigenvalue weighted by Crippen LogP contribution is -2.58. The van der Waals surface area contributed by atoms with Crippen molar-refractivity contribution in [1.82, 2.24) is 4.90 Å². The van der Waals surface area contributed by atoms with E-state index >= 15 is 0 Å². The van der Waals surface area contributed by atoms with Gasteiger partial charge in [-0.2, -0.15) is 0 Å². The molecule has 2 fully saturated rings. The first-order chi connectivity index (χ1) is 19.7. The molecule has 214 valence electrons. The summed E-state index contributed by atoms with van der Waals surface area (Å²) < 4.78 is -0.934. The van der Waals surface area contributed by atoms with Crippen molar-refractivity contribution in [1.29, 1.82) is 0 Å².